The summed E-state index contributed by atoms with van der Waals surface area (Å²) in [4.78, 5) is 0. The number of nitrogen functional groups attached to an aromatic ring is 2. The normalized spacial score (nSPS) is 11.6. The van der Waals surface area contributed by atoms with Gasteiger partial charge < -0.3 is 11.5 Å². The van der Waals surface area contributed by atoms with E-state index in [0.29, 0.717) is 0 Å². The maximum absolute atomic E-state index is 5.90. The molecule has 4 aromatic carbocycles. The number of anilines is 2. The van der Waals surface area contributed by atoms with Crippen molar-refractivity contribution in [2.24, 2.45) is 0 Å². The molecule has 2 nitrogen and oxygen atoms in total. The molecule has 0 radical (unpaired) electrons. The molecule has 246 valence electrons. The van der Waals surface area contributed by atoms with Crippen LogP contribution in [0.25, 0.3) is 0 Å². The topological polar surface area (TPSA) is 52.0 Å². The van der Waals surface area contributed by atoms with E-state index in [2.05, 4.69) is 86.6 Å². The highest BCUT2D eigenvalue weighted by molar-refractivity contribution is 5.44. The minimum Gasteiger partial charge on any atom is -0.399 e. The van der Waals surface area contributed by atoms with Crippen molar-refractivity contribution in [1.29, 1.82) is 0 Å². The van der Waals surface area contributed by atoms with Crippen molar-refractivity contribution in [2.45, 2.75) is 128 Å². The summed E-state index contributed by atoms with van der Waals surface area (Å²) in [6.45, 7) is 4.75. The maximum atomic E-state index is 5.90. The average molecular weight is 617 g/mol. The summed E-state index contributed by atoms with van der Waals surface area (Å²) in [7, 11) is 0. The fourth-order valence-corrected chi connectivity index (χ4v) is 6.85. The van der Waals surface area contributed by atoms with E-state index < -0.39 is 0 Å². The van der Waals surface area contributed by atoms with E-state index in [4.69, 9.17) is 11.5 Å². The molecule has 2 heteroatoms. The van der Waals surface area contributed by atoms with Gasteiger partial charge in [0.2, 0.25) is 0 Å². The molecule has 0 fully saturated rings. The molecule has 0 heterocycles. The number of unbranched alkanes of at least 4 members (excludes halogenated alkanes) is 13. The predicted molar refractivity (Wildman–Crippen MR) is 202 cm³/mol. The quantitative estimate of drug-likeness (QED) is 0.0723. The molecule has 0 saturated heterocycles. The highest BCUT2D eigenvalue weighted by atomic mass is 14.5. The standard InChI is InChI=1S/C44H60N2/c1-3-4-5-6-7-8-9-10-11-12-13-14-15-16-33-44(2,40-25-17-36(18-26-40)34-38-21-29-42(45)30-22-38)41-27-19-37(20-28-41)35-39-23-31-43(46)32-24-39/h17-32H,3-16,33-35,45-46H2,1-2H3. The zero-order valence-electron chi connectivity index (χ0n) is 28.9. The predicted octanol–water partition coefficient (Wildman–Crippen LogP) is 12.2. The van der Waals surface area contributed by atoms with Gasteiger partial charge in [-0.25, -0.2) is 0 Å². The third-order valence-electron chi connectivity index (χ3n) is 9.99. The van der Waals surface area contributed by atoms with Crippen molar-refractivity contribution < 1.29 is 0 Å². The van der Waals surface area contributed by atoms with Crippen molar-refractivity contribution in [2.75, 3.05) is 11.5 Å². The highest BCUT2D eigenvalue weighted by Gasteiger charge is 2.28. The number of hydrogen-bond acceptors (Lipinski definition) is 2. The Morgan fingerprint density at radius 3 is 1.00 bits per heavy atom. The van der Waals surface area contributed by atoms with Crippen LogP contribution in [0.2, 0.25) is 0 Å². The molecule has 4 rings (SSSR count). The monoisotopic (exact) mass is 616 g/mol. The maximum Gasteiger partial charge on any atom is 0.0314 e. The van der Waals surface area contributed by atoms with Crippen molar-refractivity contribution in [3.63, 3.8) is 0 Å². The van der Waals surface area contributed by atoms with E-state index >= 15 is 0 Å². The molecule has 0 aliphatic carbocycles. The third-order valence-corrected chi connectivity index (χ3v) is 9.99. The summed E-state index contributed by atoms with van der Waals surface area (Å²) in [5.74, 6) is 0. The molecule has 4 aromatic rings. The Kier molecular flexibility index (Phi) is 14.8. The minimum atomic E-state index is -0.0173. The SMILES string of the molecule is CCCCCCCCCCCCCCCCC(C)(c1ccc(Cc2ccc(N)cc2)cc1)c1ccc(Cc2ccc(N)cc2)cc1. The Morgan fingerprint density at radius 1 is 0.391 bits per heavy atom. The van der Waals surface area contributed by atoms with E-state index in [-0.39, 0.29) is 5.41 Å². The molecule has 0 atom stereocenters. The van der Waals surface area contributed by atoms with Crippen molar-refractivity contribution in [3.05, 3.63) is 130 Å². The lowest BCUT2D eigenvalue weighted by atomic mass is 9.72. The fourth-order valence-electron chi connectivity index (χ4n) is 6.85. The summed E-state index contributed by atoms with van der Waals surface area (Å²) >= 11 is 0. The highest BCUT2D eigenvalue weighted by Crippen LogP contribution is 2.38. The molecular formula is C44H60N2. The average Bonchev–Trinajstić information content (AvgIpc) is 3.07. The van der Waals surface area contributed by atoms with Gasteiger partial charge in [0.05, 0.1) is 0 Å². The van der Waals surface area contributed by atoms with E-state index in [1.165, 1.54) is 130 Å². The largest absolute Gasteiger partial charge is 0.399 e. The molecule has 0 aliphatic heterocycles. The number of rotatable bonds is 21. The first-order chi connectivity index (χ1) is 22.5. The van der Waals surface area contributed by atoms with E-state index in [1.54, 1.807) is 0 Å². The van der Waals surface area contributed by atoms with Crippen LogP contribution in [0.4, 0.5) is 11.4 Å². The van der Waals surface area contributed by atoms with E-state index in [0.717, 1.165) is 24.2 Å². The molecular weight excluding hydrogens is 556 g/mol. The second-order valence-electron chi connectivity index (χ2n) is 13.9. The van der Waals surface area contributed by atoms with Gasteiger partial charge in [0.1, 0.15) is 0 Å². The summed E-state index contributed by atoms with van der Waals surface area (Å²) < 4.78 is 0. The molecule has 0 aliphatic rings. The smallest absolute Gasteiger partial charge is 0.0314 e. The van der Waals surface area contributed by atoms with Crippen LogP contribution in [0.5, 0.6) is 0 Å². The van der Waals surface area contributed by atoms with Gasteiger partial charge in [0.15, 0.2) is 0 Å². The zero-order valence-corrected chi connectivity index (χ0v) is 28.9. The lowest BCUT2D eigenvalue weighted by Crippen LogP contribution is -2.24. The Balaban J connectivity index is 1.32. The Bertz CT molecular complexity index is 1280. The van der Waals surface area contributed by atoms with Gasteiger partial charge >= 0.3 is 0 Å². The third kappa shape index (κ3) is 11.7. The van der Waals surface area contributed by atoms with Crippen LogP contribution in [0, 0.1) is 0 Å². The second kappa shape index (κ2) is 19.2. The van der Waals surface area contributed by atoms with Crippen LogP contribution in [0.15, 0.2) is 97.1 Å². The number of nitrogens with two attached hydrogens (primary N) is 2. The van der Waals surface area contributed by atoms with Gasteiger partial charge in [0, 0.05) is 16.8 Å². The first-order valence-electron chi connectivity index (χ1n) is 18.3. The first-order valence-corrected chi connectivity index (χ1v) is 18.3. The van der Waals surface area contributed by atoms with Gasteiger partial charge in [-0.05, 0) is 76.9 Å². The second-order valence-corrected chi connectivity index (χ2v) is 13.9. The summed E-state index contributed by atoms with van der Waals surface area (Å²) in [6, 6.07) is 35.3. The van der Waals surface area contributed by atoms with E-state index in [9.17, 15) is 0 Å². The summed E-state index contributed by atoms with van der Waals surface area (Å²) in [6.07, 6.45) is 22.5. The molecule has 0 aromatic heterocycles. The Morgan fingerprint density at radius 2 is 0.674 bits per heavy atom. The fraction of sp³-hybridized carbons (Fsp3) is 0.455. The van der Waals surface area contributed by atoms with Crippen LogP contribution in [-0.4, -0.2) is 0 Å². The Labute approximate surface area is 281 Å². The lowest BCUT2D eigenvalue weighted by Gasteiger charge is -2.32. The molecule has 0 spiro atoms. The van der Waals surface area contributed by atoms with Gasteiger partial charge in [-0.15, -0.1) is 0 Å². The molecule has 46 heavy (non-hydrogen) atoms. The molecule has 4 N–H and O–H groups in total. The van der Waals surface area contributed by atoms with Crippen molar-refractivity contribution >= 4 is 11.4 Å². The lowest BCUT2D eigenvalue weighted by molar-refractivity contribution is 0.468. The Hall–Kier alpha value is -3.52. The minimum absolute atomic E-state index is 0.0173. The first kappa shape index (κ1) is 35.3. The number of benzene rings is 4. The molecule has 0 saturated carbocycles. The van der Waals surface area contributed by atoms with Gasteiger partial charge in [-0.3, -0.25) is 0 Å². The molecule has 0 amide bonds. The van der Waals surface area contributed by atoms with Crippen LogP contribution in [0.3, 0.4) is 0 Å². The van der Waals surface area contributed by atoms with Crippen LogP contribution in [0.1, 0.15) is 144 Å². The van der Waals surface area contributed by atoms with Crippen LogP contribution >= 0.6 is 0 Å². The van der Waals surface area contributed by atoms with Gasteiger partial charge in [-0.2, -0.15) is 0 Å². The van der Waals surface area contributed by atoms with Crippen LogP contribution < -0.4 is 11.5 Å². The zero-order chi connectivity index (χ0) is 32.5. The van der Waals surface area contributed by atoms with Gasteiger partial charge in [-0.1, -0.05) is 177 Å². The number of hydrogen-bond donors (Lipinski definition) is 2. The summed E-state index contributed by atoms with van der Waals surface area (Å²) in [5.41, 5.74) is 21.5. The molecule has 0 unspecified atom stereocenters. The van der Waals surface area contributed by atoms with Crippen LogP contribution in [-0.2, 0) is 18.3 Å². The van der Waals surface area contributed by atoms with Gasteiger partial charge in [0.25, 0.3) is 0 Å². The van der Waals surface area contributed by atoms with E-state index in [1.807, 2.05) is 24.3 Å². The van der Waals surface area contributed by atoms with Crippen molar-refractivity contribution in [1.82, 2.24) is 0 Å². The summed E-state index contributed by atoms with van der Waals surface area (Å²) in [5, 5.41) is 0. The van der Waals surface area contributed by atoms with Crippen molar-refractivity contribution in [3.8, 4) is 0 Å². The molecule has 0 bridgehead atoms.